The van der Waals surface area contributed by atoms with Gasteiger partial charge >= 0.3 is 0 Å². The van der Waals surface area contributed by atoms with Crippen molar-refractivity contribution < 1.29 is 0 Å². The lowest BCUT2D eigenvalue weighted by Crippen LogP contribution is -2.18. The molecule has 0 spiro atoms. The molecule has 1 heterocycles. The van der Waals surface area contributed by atoms with E-state index in [1.165, 1.54) is 24.4 Å². The Hall–Kier alpha value is 0.01000. The maximum Gasteiger partial charge on any atom is 0.280 e. The van der Waals surface area contributed by atoms with Gasteiger partial charge in [-0.25, -0.2) is 0 Å². The fourth-order valence-corrected chi connectivity index (χ4v) is 3.05. The quantitative estimate of drug-likeness (QED) is 0.756. The number of halogens is 2. The molecule has 0 aliphatic heterocycles. The van der Waals surface area contributed by atoms with Gasteiger partial charge < -0.3 is 0 Å². The molecule has 1 atom stereocenters. The molecule has 0 aliphatic rings. The lowest BCUT2D eigenvalue weighted by atomic mass is 10.00. The third kappa shape index (κ3) is 3.51. The van der Waals surface area contributed by atoms with E-state index < -0.39 is 0 Å². The maximum atomic E-state index is 11.7. The molecule has 1 aromatic rings. The van der Waals surface area contributed by atoms with Crippen molar-refractivity contribution in [3.8, 4) is 0 Å². The Morgan fingerprint density at radius 1 is 1.38 bits per heavy atom. The summed E-state index contributed by atoms with van der Waals surface area (Å²) < 4.78 is 2.08. The van der Waals surface area contributed by atoms with Crippen LogP contribution in [-0.2, 0) is 6.54 Å². The lowest BCUT2D eigenvalue weighted by molar-refractivity contribution is 0.399. The van der Waals surface area contributed by atoms with Crippen molar-refractivity contribution in [3.63, 3.8) is 0 Å². The standard InChI is InChI=1S/C11H17Cl2NOS/c1-3-5-6-8(4-2)7-14-11(15)9(12)10(13)16-14/h8H,3-7H2,1-2H3. The van der Waals surface area contributed by atoms with Crippen LogP contribution in [0.15, 0.2) is 4.79 Å². The van der Waals surface area contributed by atoms with Crippen LogP contribution in [0.4, 0.5) is 0 Å². The molecule has 16 heavy (non-hydrogen) atoms. The summed E-state index contributed by atoms with van der Waals surface area (Å²) in [6, 6.07) is 0. The highest BCUT2D eigenvalue weighted by molar-refractivity contribution is 7.11. The van der Waals surface area contributed by atoms with Gasteiger partial charge in [0.2, 0.25) is 0 Å². The molecule has 0 N–H and O–H groups in total. The van der Waals surface area contributed by atoms with E-state index in [1.54, 1.807) is 3.96 Å². The van der Waals surface area contributed by atoms with Crippen LogP contribution >= 0.6 is 34.7 Å². The second kappa shape index (κ2) is 6.67. The molecular weight excluding hydrogens is 265 g/mol. The van der Waals surface area contributed by atoms with Gasteiger partial charge in [0, 0.05) is 6.54 Å². The average molecular weight is 282 g/mol. The summed E-state index contributed by atoms with van der Waals surface area (Å²) in [7, 11) is 0. The average Bonchev–Trinajstić information content (AvgIpc) is 2.52. The Morgan fingerprint density at radius 3 is 2.50 bits per heavy atom. The minimum Gasteiger partial charge on any atom is -0.267 e. The highest BCUT2D eigenvalue weighted by atomic mass is 35.5. The predicted molar refractivity (Wildman–Crippen MR) is 71.9 cm³/mol. The van der Waals surface area contributed by atoms with Crippen LogP contribution in [0.2, 0.25) is 9.36 Å². The van der Waals surface area contributed by atoms with Crippen LogP contribution in [0.3, 0.4) is 0 Å². The Balaban J connectivity index is 2.70. The van der Waals surface area contributed by atoms with Crippen LogP contribution in [0.1, 0.15) is 39.5 Å². The van der Waals surface area contributed by atoms with Crippen LogP contribution in [0.25, 0.3) is 0 Å². The first-order chi connectivity index (χ1) is 7.60. The molecule has 1 rings (SSSR count). The molecule has 0 bridgehead atoms. The van der Waals surface area contributed by atoms with E-state index in [0.717, 1.165) is 19.4 Å². The molecule has 0 aliphatic carbocycles. The summed E-state index contributed by atoms with van der Waals surface area (Å²) in [4.78, 5) is 11.7. The monoisotopic (exact) mass is 281 g/mol. The Morgan fingerprint density at radius 2 is 2.06 bits per heavy atom. The van der Waals surface area contributed by atoms with E-state index >= 15 is 0 Å². The number of hydrogen-bond donors (Lipinski definition) is 0. The maximum absolute atomic E-state index is 11.7. The number of nitrogens with zero attached hydrogens (tertiary/aromatic N) is 1. The van der Waals surface area contributed by atoms with E-state index in [-0.39, 0.29) is 10.6 Å². The first-order valence-corrected chi connectivity index (χ1v) is 7.18. The summed E-state index contributed by atoms with van der Waals surface area (Å²) in [6.07, 6.45) is 4.64. The van der Waals surface area contributed by atoms with Crippen LogP contribution in [0.5, 0.6) is 0 Å². The highest BCUT2D eigenvalue weighted by Gasteiger charge is 2.14. The number of hydrogen-bond acceptors (Lipinski definition) is 2. The molecule has 1 unspecified atom stereocenters. The first kappa shape index (κ1) is 14.1. The molecule has 0 aromatic carbocycles. The Kier molecular flexibility index (Phi) is 5.87. The summed E-state index contributed by atoms with van der Waals surface area (Å²) in [6.45, 7) is 5.08. The largest absolute Gasteiger partial charge is 0.280 e. The molecule has 0 saturated heterocycles. The Bertz CT molecular complexity index is 386. The molecule has 92 valence electrons. The third-order valence-electron chi connectivity index (χ3n) is 2.74. The van der Waals surface area contributed by atoms with Crippen molar-refractivity contribution in [2.45, 2.75) is 46.1 Å². The van der Waals surface area contributed by atoms with Gasteiger partial charge in [-0.15, -0.1) is 0 Å². The molecule has 1 aromatic heterocycles. The van der Waals surface area contributed by atoms with Gasteiger partial charge in [0.15, 0.2) is 0 Å². The van der Waals surface area contributed by atoms with Gasteiger partial charge in [-0.05, 0) is 23.9 Å². The predicted octanol–water partition coefficient (Wildman–Crippen LogP) is 4.43. The SMILES string of the molecule is CCCCC(CC)Cn1sc(Cl)c(Cl)c1=O. The van der Waals surface area contributed by atoms with Crippen LogP contribution in [-0.4, -0.2) is 3.96 Å². The van der Waals surface area contributed by atoms with E-state index in [2.05, 4.69) is 13.8 Å². The van der Waals surface area contributed by atoms with E-state index in [1.807, 2.05) is 0 Å². The van der Waals surface area contributed by atoms with Gasteiger partial charge in [-0.3, -0.25) is 8.75 Å². The molecule has 5 heteroatoms. The number of aromatic nitrogens is 1. The van der Waals surface area contributed by atoms with Gasteiger partial charge in [0.1, 0.15) is 9.36 Å². The van der Waals surface area contributed by atoms with E-state index in [4.69, 9.17) is 23.2 Å². The second-order valence-electron chi connectivity index (χ2n) is 3.96. The molecule has 0 amide bonds. The summed E-state index contributed by atoms with van der Waals surface area (Å²) in [5.41, 5.74) is -0.147. The van der Waals surface area contributed by atoms with Crippen molar-refractivity contribution >= 4 is 34.7 Å². The van der Waals surface area contributed by atoms with Crippen molar-refractivity contribution in [2.24, 2.45) is 5.92 Å². The van der Waals surface area contributed by atoms with Crippen molar-refractivity contribution in [1.29, 1.82) is 0 Å². The second-order valence-corrected chi connectivity index (χ2v) is 5.97. The zero-order chi connectivity index (χ0) is 12.1. The van der Waals surface area contributed by atoms with E-state index in [9.17, 15) is 4.79 Å². The first-order valence-electron chi connectivity index (χ1n) is 5.65. The van der Waals surface area contributed by atoms with Crippen LogP contribution in [0, 0.1) is 5.92 Å². The van der Waals surface area contributed by atoms with Crippen molar-refractivity contribution in [3.05, 3.63) is 19.7 Å². The molecular formula is C11H17Cl2NOS. The molecule has 0 fully saturated rings. The minimum absolute atomic E-state index is 0.147. The third-order valence-corrected chi connectivity index (χ3v) is 4.60. The highest BCUT2D eigenvalue weighted by Crippen LogP contribution is 2.25. The van der Waals surface area contributed by atoms with Gasteiger partial charge in [-0.2, -0.15) is 0 Å². The van der Waals surface area contributed by atoms with E-state index in [0.29, 0.717) is 10.3 Å². The molecule has 2 nitrogen and oxygen atoms in total. The molecule has 0 radical (unpaired) electrons. The summed E-state index contributed by atoms with van der Waals surface area (Å²) in [5, 5.41) is 0.164. The summed E-state index contributed by atoms with van der Waals surface area (Å²) in [5.74, 6) is 0.545. The Labute approximate surface area is 110 Å². The smallest absolute Gasteiger partial charge is 0.267 e. The minimum atomic E-state index is -0.147. The summed E-state index contributed by atoms with van der Waals surface area (Å²) >= 11 is 12.9. The fourth-order valence-electron chi connectivity index (χ4n) is 1.64. The number of unbranched alkanes of at least 4 members (excludes halogenated alkanes) is 1. The van der Waals surface area contributed by atoms with Crippen LogP contribution < -0.4 is 5.56 Å². The van der Waals surface area contributed by atoms with Gasteiger partial charge in [0.25, 0.3) is 5.56 Å². The van der Waals surface area contributed by atoms with Crippen molar-refractivity contribution in [1.82, 2.24) is 3.96 Å². The zero-order valence-electron chi connectivity index (χ0n) is 9.63. The zero-order valence-corrected chi connectivity index (χ0v) is 12.0. The number of rotatable bonds is 6. The normalized spacial score (nSPS) is 13.0. The van der Waals surface area contributed by atoms with Gasteiger partial charge in [-0.1, -0.05) is 56.3 Å². The fraction of sp³-hybridized carbons (Fsp3) is 0.727. The topological polar surface area (TPSA) is 22.0 Å². The van der Waals surface area contributed by atoms with Gasteiger partial charge in [0.05, 0.1) is 0 Å². The van der Waals surface area contributed by atoms with Crippen molar-refractivity contribution in [2.75, 3.05) is 0 Å². The molecule has 0 saturated carbocycles. The lowest BCUT2D eigenvalue weighted by Gasteiger charge is -2.13.